The summed E-state index contributed by atoms with van der Waals surface area (Å²) in [6, 6.07) is 1.86. The second-order valence-corrected chi connectivity index (χ2v) is 5.13. The van der Waals surface area contributed by atoms with E-state index in [2.05, 4.69) is 15.3 Å². The SMILES string of the molecule is Cc1cc(NC2(CO)CCCCC2)nc(Cl)n1. The van der Waals surface area contributed by atoms with E-state index < -0.39 is 0 Å². The summed E-state index contributed by atoms with van der Waals surface area (Å²) < 4.78 is 0. The highest BCUT2D eigenvalue weighted by molar-refractivity contribution is 6.28. The number of aliphatic hydroxyl groups excluding tert-OH is 1. The number of hydrogen-bond donors (Lipinski definition) is 2. The number of nitrogens with zero attached hydrogens (tertiary/aromatic N) is 2. The molecule has 0 aromatic carbocycles. The van der Waals surface area contributed by atoms with Gasteiger partial charge in [-0.1, -0.05) is 19.3 Å². The van der Waals surface area contributed by atoms with Crippen LogP contribution in [-0.2, 0) is 0 Å². The van der Waals surface area contributed by atoms with Gasteiger partial charge in [0, 0.05) is 11.8 Å². The van der Waals surface area contributed by atoms with Gasteiger partial charge in [-0.15, -0.1) is 0 Å². The van der Waals surface area contributed by atoms with Crippen LogP contribution >= 0.6 is 11.6 Å². The van der Waals surface area contributed by atoms with Crippen molar-refractivity contribution in [1.29, 1.82) is 0 Å². The van der Waals surface area contributed by atoms with Gasteiger partial charge < -0.3 is 10.4 Å². The zero-order valence-corrected chi connectivity index (χ0v) is 10.8. The molecule has 1 fully saturated rings. The molecule has 0 radical (unpaired) electrons. The minimum absolute atomic E-state index is 0.133. The lowest BCUT2D eigenvalue weighted by Crippen LogP contribution is -2.44. The minimum atomic E-state index is -0.234. The largest absolute Gasteiger partial charge is 0.394 e. The molecule has 1 aliphatic rings. The first-order valence-corrected chi connectivity index (χ1v) is 6.42. The van der Waals surface area contributed by atoms with Gasteiger partial charge in [-0.2, -0.15) is 0 Å². The lowest BCUT2D eigenvalue weighted by molar-refractivity contribution is 0.172. The third-order valence-electron chi connectivity index (χ3n) is 3.33. The molecule has 0 aliphatic heterocycles. The number of aromatic nitrogens is 2. The molecule has 1 heterocycles. The van der Waals surface area contributed by atoms with E-state index in [0.29, 0.717) is 5.82 Å². The maximum atomic E-state index is 9.60. The van der Waals surface area contributed by atoms with Gasteiger partial charge in [-0.05, 0) is 31.4 Å². The molecule has 94 valence electrons. The molecular formula is C12H18ClN3O. The Morgan fingerprint density at radius 3 is 2.65 bits per heavy atom. The second kappa shape index (κ2) is 5.19. The predicted octanol–water partition coefficient (Wildman–Crippen LogP) is 2.55. The summed E-state index contributed by atoms with van der Waals surface area (Å²) in [6.45, 7) is 2.01. The van der Waals surface area contributed by atoms with Crippen LogP contribution in [0.3, 0.4) is 0 Å². The van der Waals surface area contributed by atoms with E-state index >= 15 is 0 Å². The van der Waals surface area contributed by atoms with E-state index in [4.69, 9.17) is 11.6 Å². The number of anilines is 1. The Morgan fingerprint density at radius 1 is 1.35 bits per heavy atom. The first-order valence-electron chi connectivity index (χ1n) is 6.04. The van der Waals surface area contributed by atoms with Gasteiger partial charge in [-0.3, -0.25) is 0 Å². The molecule has 2 N–H and O–H groups in total. The third kappa shape index (κ3) is 3.07. The van der Waals surface area contributed by atoms with Crippen molar-refractivity contribution in [1.82, 2.24) is 9.97 Å². The Bertz CT molecular complexity index is 371. The van der Waals surface area contributed by atoms with Crippen molar-refractivity contribution in [3.63, 3.8) is 0 Å². The molecule has 17 heavy (non-hydrogen) atoms. The molecule has 1 aliphatic carbocycles. The van der Waals surface area contributed by atoms with Crippen molar-refractivity contribution in [2.45, 2.75) is 44.6 Å². The Morgan fingerprint density at radius 2 is 2.06 bits per heavy atom. The minimum Gasteiger partial charge on any atom is -0.394 e. The van der Waals surface area contributed by atoms with Crippen LogP contribution in [0.25, 0.3) is 0 Å². The van der Waals surface area contributed by atoms with Gasteiger partial charge in [0.15, 0.2) is 0 Å². The summed E-state index contributed by atoms with van der Waals surface area (Å²) in [5.74, 6) is 0.707. The summed E-state index contributed by atoms with van der Waals surface area (Å²) in [7, 11) is 0. The predicted molar refractivity (Wildman–Crippen MR) is 68.3 cm³/mol. The fourth-order valence-corrected chi connectivity index (χ4v) is 2.64. The van der Waals surface area contributed by atoms with Crippen LogP contribution in [0.2, 0.25) is 5.28 Å². The van der Waals surface area contributed by atoms with Gasteiger partial charge in [0.25, 0.3) is 0 Å². The average molecular weight is 256 g/mol. The number of rotatable bonds is 3. The van der Waals surface area contributed by atoms with E-state index in [1.807, 2.05) is 13.0 Å². The molecule has 1 saturated carbocycles. The summed E-state index contributed by atoms with van der Waals surface area (Å²) >= 11 is 5.83. The van der Waals surface area contributed by atoms with E-state index in [9.17, 15) is 5.11 Å². The fraction of sp³-hybridized carbons (Fsp3) is 0.667. The molecule has 5 heteroatoms. The molecular weight excluding hydrogens is 238 g/mol. The first kappa shape index (κ1) is 12.6. The van der Waals surface area contributed by atoms with Crippen LogP contribution in [0.15, 0.2) is 6.07 Å². The van der Waals surface area contributed by atoms with Crippen LogP contribution in [0.5, 0.6) is 0 Å². The zero-order valence-electron chi connectivity index (χ0n) is 10.0. The van der Waals surface area contributed by atoms with Crippen molar-refractivity contribution in [2.24, 2.45) is 0 Å². The molecule has 0 saturated heterocycles. The number of aryl methyl sites for hydroxylation is 1. The van der Waals surface area contributed by atoms with Gasteiger partial charge in [0.2, 0.25) is 5.28 Å². The fourth-order valence-electron chi connectivity index (χ4n) is 2.42. The Kier molecular flexibility index (Phi) is 3.84. The van der Waals surface area contributed by atoms with Crippen LogP contribution in [-0.4, -0.2) is 27.2 Å². The topological polar surface area (TPSA) is 58.0 Å². The summed E-state index contributed by atoms with van der Waals surface area (Å²) in [5.41, 5.74) is 0.596. The van der Waals surface area contributed by atoms with E-state index in [1.165, 1.54) is 6.42 Å². The van der Waals surface area contributed by atoms with Crippen LogP contribution in [0.1, 0.15) is 37.8 Å². The Labute approximate surface area is 106 Å². The smallest absolute Gasteiger partial charge is 0.224 e. The van der Waals surface area contributed by atoms with Gasteiger partial charge in [0.1, 0.15) is 5.82 Å². The second-order valence-electron chi connectivity index (χ2n) is 4.79. The molecule has 0 amide bonds. The standard InChI is InChI=1S/C12H18ClN3O/c1-9-7-10(15-11(13)14-9)16-12(8-17)5-3-2-4-6-12/h7,17H,2-6,8H2,1H3,(H,14,15,16). The number of nitrogens with one attached hydrogen (secondary N) is 1. The van der Waals surface area contributed by atoms with Crippen molar-refractivity contribution in [3.8, 4) is 0 Å². The Hall–Kier alpha value is -0.870. The molecule has 0 spiro atoms. The molecule has 0 atom stereocenters. The highest BCUT2D eigenvalue weighted by Crippen LogP contribution is 2.31. The first-order chi connectivity index (χ1) is 8.13. The number of aliphatic hydroxyl groups is 1. The molecule has 0 bridgehead atoms. The monoisotopic (exact) mass is 255 g/mol. The van der Waals surface area contributed by atoms with Crippen LogP contribution < -0.4 is 5.32 Å². The average Bonchev–Trinajstić information content (AvgIpc) is 2.29. The number of hydrogen-bond acceptors (Lipinski definition) is 4. The van der Waals surface area contributed by atoms with Gasteiger partial charge >= 0.3 is 0 Å². The highest BCUT2D eigenvalue weighted by Gasteiger charge is 2.31. The molecule has 4 nitrogen and oxygen atoms in total. The van der Waals surface area contributed by atoms with E-state index in [-0.39, 0.29) is 17.4 Å². The van der Waals surface area contributed by atoms with Crippen molar-refractivity contribution in [3.05, 3.63) is 17.0 Å². The Balaban J connectivity index is 2.17. The van der Waals surface area contributed by atoms with Crippen LogP contribution in [0, 0.1) is 6.92 Å². The van der Waals surface area contributed by atoms with E-state index in [0.717, 1.165) is 31.4 Å². The highest BCUT2D eigenvalue weighted by atomic mass is 35.5. The number of halogens is 1. The van der Waals surface area contributed by atoms with Gasteiger partial charge in [0.05, 0.1) is 12.1 Å². The molecule has 1 aromatic heterocycles. The third-order valence-corrected chi connectivity index (χ3v) is 3.50. The maximum Gasteiger partial charge on any atom is 0.224 e. The van der Waals surface area contributed by atoms with Crippen molar-refractivity contribution >= 4 is 17.4 Å². The summed E-state index contributed by atoms with van der Waals surface area (Å²) in [5, 5.41) is 13.2. The van der Waals surface area contributed by atoms with E-state index in [1.54, 1.807) is 0 Å². The van der Waals surface area contributed by atoms with Crippen molar-refractivity contribution in [2.75, 3.05) is 11.9 Å². The lowest BCUT2D eigenvalue weighted by Gasteiger charge is -2.37. The lowest BCUT2D eigenvalue weighted by atomic mass is 9.82. The van der Waals surface area contributed by atoms with Crippen LogP contribution in [0.4, 0.5) is 5.82 Å². The molecule has 0 unspecified atom stereocenters. The van der Waals surface area contributed by atoms with Gasteiger partial charge in [-0.25, -0.2) is 9.97 Å². The quantitative estimate of drug-likeness (QED) is 0.815. The zero-order chi connectivity index (χ0) is 12.3. The summed E-state index contributed by atoms with van der Waals surface area (Å²) in [6.07, 6.45) is 5.48. The van der Waals surface area contributed by atoms with Crippen molar-refractivity contribution < 1.29 is 5.11 Å². The summed E-state index contributed by atoms with van der Waals surface area (Å²) in [4.78, 5) is 8.18. The molecule has 1 aromatic rings. The molecule has 2 rings (SSSR count). The maximum absolute atomic E-state index is 9.60. The normalized spacial score (nSPS) is 19.0.